The van der Waals surface area contributed by atoms with Crippen LogP contribution in [0, 0.1) is 6.92 Å². The Morgan fingerprint density at radius 2 is 2.19 bits per heavy atom. The lowest BCUT2D eigenvalue weighted by Gasteiger charge is -2.31. The first-order chi connectivity index (χ1) is 7.75. The normalized spacial score (nSPS) is 20.0. The molecule has 0 saturated carbocycles. The SMILES string of the molecule is CC.Cc1cc(N2CCCC(O)C2)cnn1. The summed E-state index contributed by atoms with van der Waals surface area (Å²) < 4.78 is 0. The van der Waals surface area contributed by atoms with Crippen LogP contribution in [0.3, 0.4) is 0 Å². The minimum atomic E-state index is -0.197. The molecule has 1 aliphatic heterocycles. The zero-order valence-corrected chi connectivity index (χ0v) is 10.3. The molecule has 0 radical (unpaired) electrons. The second-order valence-corrected chi connectivity index (χ2v) is 3.80. The number of aromatic nitrogens is 2. The van der Waals surface area contributed by atoms with Gasteiger partial charge in [-0.1, -0.05) is 13.8 Å². The van der Waals surface area contributed by atoms with Gasteiger partial charge < -0.3 is 10.0 Å². The van der Waals surface area contributed by atoms with E-state index in [2.05, 4.69) is 15.1 Å². The van der Waals surface area contributed by atoms with Crippen molar-refractivity contribution in [3.05, 3.63) is 18.0 Å². The van der Waals surface area contributed by atoms with E-state index in [0.717, 1.165) is 30.8 Å². The third-order valence-electron chi connectivity index (χ3n) is 2.52. The van der Waals surface area contributed by atoms with E-state index < -0.39 is 0 Å². The Labute approximate surface area is 97.3 Å². The number of piperidine rings is 1. The molecule has 1 fully saturated rings. The van der Waals surface area contributed by atoms with Gasteiger partial charge in [0.25, 0.3) is 0 Å². The number of aliphatic hydroxyl groups is 1. The molecule has 1 unspecified atom stereocenters. The van der Waals surface area contributed by atoms with Crippen molar-refractivity contribution < 1.29 is 5.11 Å². The van der Waals surface area contributed by atoms with E-state index in [0.29, 0.717) is 6.54 Å². The van der Waals surface area contributed by atoms with Crippen molar-refractivity contribution in [1.29, 1.82) is 0 Å². The number of hydrogen-bond acceptors (Lipinski definition) is 4. The van der Waals surface area contributed by atoms with Crippen LogP contribution in [0.4, 0.5) is 5.69 Å². The Balaban J connectivity index is 0.000000606. The van der Waals surface area contributed by atoms with E-state index >= 15 is 0 Å². The standard InChI is InChI=1S/C10H15N3O.C2H6/c1-8-5-9(6-11-12-8)13-4-2-3-10(14)7-13;1-2/h5-6,10,14H,2-4,7H2,1H3;1-2H3. The smallest absolute Gasteiger partial charge is 0.0730 e. The zero-order chi connectivity index (χ0) is 12.0. The fraction of sp³-hybridized carbons (Fsp3) is 0.667. The van der Waals surface area contributed by atoms with Crippen LogP contribution in [0.15, 0.2) is 12.3 Å². The van der Waals surface area contributed by atoms with Crippen molar-refractivity contribution in [2.75, 3.05) is 18.0 Å². The fourth-order valence-corrected chi connectivity index (χ4v) is 1.82. The molecule has 0 bridgehead atoms. The molecule has 4 nitrogen and oxygen atoms in total. The highest BCUT2D eigenvalue weighted by Gasteiger charge is 2.18. The number of hydrogen-bond donors (Lipinski definition) is 1. The van der Waals surface area contributed by atoms with E-state index in [4.69, 9.17) is 0 Å². The maximum atomic E-state index is 9.53. The van der Waals surface area contributed by atoms with E-state index in [1.807, 2.05) is 26.8 Å². The molecule has 1 atom stereocenters. The van der Waals surface area contributed by atoms with E-state index in [1.54, 1.807) is 6.20 Å². The molecule has 0 aromatic carbocycles. The van der Waals surface area contributed by atoms with Crippen molar-refractivity contribution in [2.45, 2.75) is 39.7 Å². The van der Waals surface area contributed by atoms with Crippen molar-refractivity contribution in [2.24, 2.45) is 0 Å². The lowest BCUT2D eigenvalue weighted by Crippen LogP contribution is -2.38. The fourth-order valence-electron chi connectivity index (χ4n) is 1.82. The predicted octanol–water partition coefficient (Wildman–Crippen LogP) is 1.77. The first-order valence-electron chi connectivity index (χ1n) is 5.98. The lowest BCUT2D eigenvalue weighted by atomic mass is 10.1. The van der Waals surface area contributed by atoms with Gasteiger partial charge in [-0.25, -0.2) is 0 Å². The van der Waals surface area contributed by atoms with Crippen LogP contribution in [-0.2, 0) is 0 Å². The summed E-state index contributed by atoms with van der Waals surface area (Å²) in [6.07, 6.45) is 3.51. The summed E-state index contributed by atoms with van der Waals surface area (Å²) >= 11 is 0. The minimum Gasteiger partial charge on any atom is -0.391 e. The average Bonchev–Trinajstić information content (AvgIpc) is 2.32. The molecule has 0 aliphatic carbocycles. The highest BCUT2D eigenvalue weighted by Crippen LogP contribution is 2.18. The van der Waals surface area contributed by atoms with Crippen LogP contribution < -0.4 is 4.90 Å². The van der Waals surface area contributed by atoms with Crippen LogP contribution in [0.25, 0.3) is 0 Å². The molecule has 1 aliphatic rings. The number of rotatable bonds is 1. The molecule has 4 heteroatoms. The van der Waals surface area contributed by atoms with Crippen LogP contribution in [0.5, 0.6) is 0 Å². The van der Waals surface area contributed by atoms with Crippen LogP contribution in [0.2, 0.25) is 0 Å². The Kier molecular flexibility index (Phi) is 5.19. The van der Waals surface area contributed by atoms with Gasteiger partial charge in [0, 0.05) is 13.1 Å². The molecule has 1 aromatic rings. The molecular formula is C12H21N3O. The van der Waals surface area contributed by atoms with Gasteiger partial charge in [0.15, 0.2) is 0 Å². The number of β-amino-alcohol motifs (C(OH)–C–C–N with tert-alkyl or cyclic N) is 1. The van der Waals surface area contributed by atoms with Gasteiger partial charge in [-0.3, -0.25) is 0 Å². The van der Waals surface area contributed by atoms with Crippen molar-refractivity contribution >= 4 is 5.69 Å². The quantitative estimate of drug-likeness (QED) is 0.788. The maximum absolute atomic E-state index is 9.53. The van der Waals surface area contributed by atoms with Crippen LogP contribution in [0.1, 0.15) is 32.4 Å². The summed E-state index contributed by atoms with van der Waals surface area (Å²) in [5.74, 6) is 0. The third kappa shape index (κ3) is 3.45. The first-order valence-corrected chi connectivity index (χ1v) is 5.98. The van der Waals surface area contributed by atoms with Gasteiger partial charge in [0.05, 0.1) is 23.7 Å². The van der Waals surface area contributed by atoms with Crippen LogP contribution >= 0.6 is 0 Å². The second kappa shape index (κ2) is 6.43. The highest BCUT2D eigenvalue weighted by atomic mass is 16.3. The van der Waals surface area contributed by atoms with Gasteiger partial charge in [-0.05, 0) is 25.8 Å². The van der Waals surface area contributed by atoms with Gasteiger partial charge in [-0.2, -0.15) is 10.2 Å². The van der Waals surface area contributed by atoms with Gasteiger partial charge in [0.1, 0.15) is 0 Å². The number of aliphatic hydroxyl groups excluding tert-OH is 1. The summed E-state index contributed by atoms with van der Waals surface area (Å²) in [5.41, 5.74) is 1.99. The molecule has 2 rings (SSSR count). The van der Waals surface area contributed by atoms with Crippen molar-refractivity contribution in [3.8, 4) is 0 Å². The summed E-state index contributed by atoms with van der Waals surface area (Å²) in [6.45, 7) is 7.64. The van der Waals surface area contributed by atoms with Crippen molar-refractivity contribution in [3.63, 3.8) is 0 Å². The number of anilines is 1. The summed E-state index contributed by atoms with van der Waals surface area (Å²) in [7, 11) is 0. The maximum Gasteiger partial charge on any atom is 0.0730 e. The molecule has 2 heterocycles. The third-order valence-corrected chi connectivity index (χ3v) is 2.52. The van der Waals surface area contributed by atoms with E-state index in [-0.39, 0.29) is 6.10 Å². The minimum absolute atomic E-state index is 0.197. The Hall–Kier alpha value is -1.16. The number of nitrogens with zero attached hydrogens (tertiary/aromatic N) is 3. The summed E-state index contributed by atoms with van der Waals surface area (Å²) in [4.78, 5) is 2.16. The Bertz CT molecular complexity index is 317. The molecule has 1 N–H and O–H groups in total. The Morgan fingerprint density at radius 1 is 1.44 bits per heavy atom. The highest BCUT2D eigenvalue weighted by molar-refractivity contribution is 5.44. The summed E-state index contributed by atoms with van der Waals surface area (Å²) in [6, 6.07) is 2.00. The monoisotopic (exact) mass is 223 g/mol. The van der Waals surface area contributed by atoms with E-state index in [9.17, 15) is 5.11 Å². The molecule has 16 heavy (non-hydrogen) atoms. The molecule has 1 aromatic heterocycles. The largest absolute Gasteiger partial charge is 0.391 e. The topological polar surface area (TPSA) is 49.2 Å². The summed E-state index contributed by atoms with van der Waals surface area (Å²) in [5, 5.41) is 17.4. The molecule has 0 spiro atoms. The molecule has 1 saturated heterocycles. The first kappa shape index (κ1) is 12.9. The van der Waals surface area contributed by atoms with E-state index in [1.165, 1.54) is 0 Å². The van der Waals surface area contributed by atoms with Gasteiger partial charge in [0.2, 0.25) is 0 Å². The second-order valence-electron chi connectivity index (χ2n) is 3.80. The van der Waals surface area contributed by atoms with Crippen molar-refractivity contribution in [1.82, 2.24) is 10.2 Å². The zero-order valence-electron chi connectivity index (χ0n) is 10.3. The predicted molar refractivity (Wildman–Crippen MR) is 65.6 cm³/mol. The average molecular weight is 223 g/mol. The van der Waals surface area contributed by atoms with Gasteiger partial charge in [-0.15, -0.1) is 0 Å². The Morgan fingerprint density at radius 3 is 2.81 bits per heavy atom. The number of aryl methyl sites for hydroxylation is 1. The molecular weight excluding hydrogens is 202 g/mol. The molecule has 0 amide bonds. The van der Waals surface area contributed by atoms with Crippen LogP contribution in [-0.4, -0.2) is 34.5 Å². The lowest BCUT2D eigenvalue weighted by molar-refractivity contribution is 0.154. The molecule has 90 valence electrons. The van der Waals surface area contributed by atoms with Gasteiger partial charge >= 0.3 is 0 Å².